The molecule has 2 heteroatoms. The molecule has 0 amide bonds. The van der Waals surface area contributed by atoms with Gasteiger partial charge in [0, 0.05) is 11.5 Å². The lowest BCUT2D eigenvalue weighted by atomic mass is 9.90. The Labute approximate surface area is 121 Å². The highest BCUT2D eigenvalue weighted by Gasteiger charge is 2.14. The van der Waals surface area contributed by atoms with Crippen molar-refractivity contribution in [3.8, 4) is 11.5 Å². The Morgan fingerprint density at radius 1 is 0.850 bits per heavy atom. The number of rotatable bonds is 4. The van der Waals surface area contributed by atoms with Crippen LogP contribution in [0.3, 0.4) is 0 Å². The molecule has 0 bridgehead atoms. The predicted molar refractivity (Wildman–Crippen MR) is 83.0 cm³/mol. The van der Waals surface area contributed by atoms with Crippen molar-refractivity contribution >= 4 is 0 Å². The molecule has 0 aliphatic rings. The quantitative estimate of drug-likeness (QED) is 0.816. The topological polar surface area (TPSA) is 18.5 Å². The van der Waals surface area contributed by atoms with Crippen LogP contribution in [-0.4, -0.2) is 14.2 Å². The molecule has 0 radical (unpaired) electrons. The number of benzene rings is 2. The van der Waals surface area contributed by atoms with E-state index in [9.17, 15) is 0 Å². The molecular weight excluding hydrogens is 248 g/mol. The fourth-order valence-corrected chi connectivity index (χ4v) is 2.53. The van der Waals surface area contributed by atoms with Crippen LogP contribution in [0.4, 0.5) is 0 Å². The van der Waals surface area contributed by atoms with E-state index in [-0.39, 0.29) is 5.92 Å². The SMILES string of the molecule is COc1ccc(C(C)c2ccc(C)cc2OC)cc1C. The zero-order valence-corrected chi connectivity index (χ0v) is 12.9. The average molecular weight is 270 g/mol. The normalized spacial score (nSPS) is 12.1. The van der Waals surface area contributed by atoms with Crippen LogP contribution >= 0.6 is 0 Å². The van der Waals surface area contributed by atoms with E-state index in [1.54, 1.807) is 14.2 Å². The predicted octanol–water partition coefficient (Wildman–Crippen LogP) is 4.47. The molecule has 0 spiro atoms. The van der Waals surface area contributed by atoms with Gasteiger partial charge in [-0.25, -0.2) is 0 Å². The van der Waals surface area contributed by atoms with Crippen LogP contribution in [0.2, 0.25) is 0 Å². The largest absolute Gasteiger partial charge is 0.496 e. The van der Waals surface area contributed by atoms with Gasteiger partial charge in [0.1, 0.15) is 11.5 Å². The van der Waals surface area contributed by atoms with Crippen molar-refractivity contribution in [2.24, 2.45) is 0 Å². The molecule has 2 nitrogen and oxygen atoms in total. The minimum atomic E-state index is 0.287. The molecule has 0 saturated carbocycles. The maximum absolute atomic E-state index is 5.52. The number of hydrogen-bond acceptors (Lipinski definition) is 2. The number of hydrogen-bond donors (Lipinski definition) is 0. The van der Waals surface area contributed by atoms with Gasteiger partial charge in [0.2, 0.25) is 0 Å². The third-order valence-corrected chi connectivity index (χ3v) is 3.77. The van der Waals surface area contributed by atoms with E-state index in [1.807, 2.05) is 6.07 Å². The monoisotopic (exact) mass is 270 g/mol. The van der Waals surface area contributed by atoms with Gasteiger partial charge < -0.3 is 9.47 Å². The molecule has 2 aromatic carbocycles. The lowest BCUT2D eigenvalue weighted by Gasteiger charge is -2.18. The van der Waals surface area contributed by atoms with Gasteiger partial charge >= 0.3 is 0 Å². The van der Waals surface area contributed by atoms with Gasteiger partial charge in [-0.05, 0) is 42.7 Å². The van der Waals surface area contributed by atoms with Gasteiger partial charge in [0.15, 0.2) is 0 Å². The molecule has 20 heavy (non-hydrogen) atoms. The van der Waals surface area contributed by atoms with Crippen LogP contribution < -0.4 is 9.47 Å². The van der Waals surface area contributed by atoms with E-state index in [4.69, 9.17) is 9.47 Å². The van der Waals surface area contributed by atoms with E-state index < -0.39 is 0 Å². The molecular formula is C18H22O2. The van der Waals surface area contributed by atoms with Crippen molar-refractivity contribution in [2.75, 3.05) is 14.2 Å². The van der Waals surface area contributed by atoms with Crippen molar-refractivity contribution in [2.45, 2.75) is 26.7 Å². The first-order chi connectivity index (χ1) is 9.56. The molecule has 1 unspecified atom stereocenters. The summed E-state index contributed by atoms with van der Waals surface area (Å²) in [7, 11) is 3.43. The molecule has 0 N–H and O–H groups in total. The van der Waals surface area contributed by atoms with Gasteiger partial charge in [-0.15, -0.1) is 0 Å². The Bertz CT molecular complexity index is 602. The Balaban J connectivity index is 2.40. The van der Waals surface area contributed by atoms with Crippen LogP contribution in [0.1, 0.15) is 35.1 Å². The van der Waals surface area contributed by atoms with Gasteiger partial charge in [0.05, 0.1) is 14.2 Å². The summed E-state index contributed by atoms with van der Waals surface area (Å²) >= 11 is 0. The van der Waals surface area contributed by atoms with Gasteiger partial charge in [-0.2, -0.15) is 0 Å². The summed E-state index contributed by atoms with van der Waals surface area (Å²) in [6, 6.07) is 12.7. The molecule has 2 rings (SSSR count). The molecule has 0 heterocycles. The van der Waals surface area contributed by atoms with Gasteiger partial charge in [-0.3, -0.25) is 0 Å². The Morgan fingerprint density at radius 3 is 2.15 bits per heavy atom. The zero-order chi connectivity index (χ0) is 14.7. The smallest absolute Gasteiger partial charge is 0.122 e. The average Bonchev–Trinajstić information content (AvgIpc) is 2.46. The lowest BCUT2D eigenvalue weighted by Crippen LogP contribution is -2.01. The molecule has 0 fully saturated rings. The van der Waals surface area contributed by atoms with Crippen LogP contribution in [0.5, 0.6) is 11.5 Å². The summed E-state index contributed by atoms with van der Waals surface area (Å²) in [6.45, 7) is 6.35. The summed E-state index contributed by atoms with van der Waals surface area (Å²) in [6.07, 6.45) is 0. The standard InChI is InChI=1S/C18H22O2/c1-12-6-8-16(18(10-12)20-5)14(3)15-7-9-17(19-4)13(2)11-15/h6-11,14H,1-5H3. The third kappa shape index (κ3) is 2.79. The molecule has 0 saturated heterocycles. The number of aryl methyl sites for hydroxylation is 2. The summed E-state index contributed by atoms with van der Waals surface area (Å²) in [4.78, 5) is 0. The van der Waals surface area contributed by atoms with Gasteiger partial charge in [0.25, 0.3) is 0 Å². The fourth-order valence-electron chi connectivity index (χ4n) is 2.53. The van der Waals surface area contributed by atoms with Crippen LogP contribution in [0.25, 0.3) is 0 Å². The van der Waals surface area contributed by atoms with Crippen molar-refractivity contribution in [1.29, 1.82) is 0 Å². The van der Waals surface area contributed by atoms with Crippen LogP contribution in [-0.2, 0) is 0 Å². The van der Waals surface area contributed by atoms with E-state index in [2.05, 4.69) is 51.1 Å². The minimum Gasteiger partial charge on any atom is -0.496 e. The second-order valence-corrected chi connectivity index (χ2v) is 5.20. The molecule has 0 aliphatic heterocycles. The molecule has 0 aliphatic carbocycles. The Morgan fingerprint density at radius 2 is 1.55 bits per heavy atom. The lowest BCUT2D eigenvalue weighted by molar-refractivity contribution is 0.407. The fraction of sp³-hybridized carbons (Fsp3) is 0.333. The van der Waals surface area contributed by atoms with Crippen molar-refractivity contribution in [3.05, 3.63) is 58.7 Å². The first-order valence-electron chi connectivity index (χ1n) is 6.86. The summed E-state index contributed by atoms with van der Waals surface area (Å²) < 4.78 is 10.8. The summed E-state index contributed by atoms with van der Waals surface area (Å²) in [5.74, 6) is 2.16. The second-order valence-electron chi connectivity index (χ2n) is 5.20. The molecule has 106 valence electrons. The minimum absolute atomic E-state index is 0.287. The van der Waals surface area contributed by atoms with Crippen molar-refractivity contribution in [1.82, 2.24) is 0 Å². The molecule has 2 aromatic rings. The van der Waals surface area contributed by atoms with Crippen LogP contribution in [0, 0.1) is 13.8 Å². The maximum Gasteiger partial charge on any atom is 0.122 e. The summed E-state index contributed by atoms with van der Waals surface area (Å²) in [5, 5.41) is 0. The Hall–Kier alpha value is -1.96. The molecule has 0 aromatic heterocycles. The maximum atomic E-state index is 5.52. The molecule has 1 atom stereocenters. The van der Waals surface area contributed by atoms with E-state index >= 15 is 0 Å². The summed E-state index contributed by atoms with van der Waals surface area (Å²) in [5.41, 5.74) is 4.85. The van der Waals surface area contributed by atoms with E-state index in [0.29, 0.717) is 0 Å². The second kappa shape index (κ2) is 6.00. The van der Waals surface area contributed by atoms with Crippen molar-refractivity contribution < 1.29 is 9.47 Å². The van der Waals surface area contributed by atoms with E-state index in [1.165, 1.54) is 16.7 Å². The highest BCUT2D eigenvalue weighted by molar-refractivity contribution is 5.46. The third-order valence-electron chi connectivity index (χ3n) is 3.77. The first-order valence-corrected chi connectivity index (χ1v) is 6.86. The highest BCUT2D eigenvalue weighted by atomic mass is 16.5. The number of ether oxygens (including phenoxy) is 2. The highest BCUT2D eigenvalue weighted by Crippen LogP contribution is 2.33. The first kappa shape index (κ1) is 14.4. The van der Waals surface area contributed by atoms with Crippen LogP contribution in [0.15, 0.2) is 36.4 Å². The number of methoxy groups -OCH3 is 2. The Kier molecular flexibility index (Phi) is 4.33. The van der Waals surface area contributed by atoms with Gasteiger partial charge in [-0.1, -0.05) is 31.2 Å². The van der Waals surface area contributed by atoms with Crippen molar-refractivity contribution in [3.63, 3.8) is 0 Å². The van der Waals surface area contributed by atoms with E-state index in [0.717, 1.165) is 17.1 Å². The zero-order valence-electron chi connectivity index (χ0n) is 12.9.